The van der Waals surface area contributed by atoms with E-state index in [4.69, 9.17) is 0 Å². The molecule has 1 spiro atoms. The number of benzene rings is 1. The molecule has 0 unspecified atom stereocenters. The maximum atomic E-state index is 11.3. The van der Waals surface area contributed by atoms with Crippen molar-refractivity contribution >= 4 is 27.6 Å². The van der Waals surface area contributed by atoms with Crippen LogP contribution in [0.5, 0.6) is 0 Å². The fraction of sp³-hybridized carbons (Fsp3) is 0.562. The molecule has 1 aliphatic heterocycles. The van der Waals surface area contributed by atoms with Crippen LogP contribution in [0.15, 0.2) is 22.7 Å². The third-order valence-electron chi connectivity index (χ3n) is 4.31. The van der Waals surface area contributed by atoms with Crippen LogP contribution in [-0.2, 0) is 0 Å². The Labute approximate surface area is 129 Å². The van der Waals surface area contributed by atoms with E-state index in [1.807, 2.05) is 19.9 Å². The molecule has 3 nitrogen and oxygen atoms in total. The Morgan fingerprint density at radius 3 is 2.30 bits per heavy atom. The van der Waals surface area contributed by atoms with Gasteiger partial charge in [0.1, 0.15) is 0 Å². The summed E-state index contributed by atoms with van der Waals surface area (Å²) in [5, 5.41) is 9.26. The summed E-state index contributed by atoms with van der Waals surface area (Å²) >= 11 is 3.43. The van der Waals surface area contributed by atoms with Gasteiger partial charge in [-0.2, -0.15) is 0 Å². The molecule has 0 amide bonds. The summed E-state index contributed by atoms with van der Waals surface area (Å²) in [7, 11) is 0. The van der Waals surface area contributed by atoms with Gasteiger partial charge in [0.25, 0.3) is 0 Å². The van der Waals surface area contributed by atoms with Crippen molar-refractivity contribution in [2.24, 2.45) is 5.41 Å². The lowest BCUT2D eigenvalue weighted by Gasteiger charge is -2.34. The fourth-order valence-corrected chi connectivity index (χ4v) is 3.20. The molecule has 1 aromatic carbocycles. The molecule has 110 valence electrons. The van der Waals surface area contributed by atoms with Gasteiger partial charge in [-0.15, -0.1) is 0 Å². The summed E-state index contributed by atoms with van der Waals surface area (Å²) in [6, 6.07) is 5.40. The van der Waals surface area contributed by atoms with E-state index in [-0.39, 0.29) is 0 Å². The molecule has 0 aromatic heterocycles. The molecule has 2 fully saturated rings. The Morgan fingerprint density at radius 1 is 1.20 bits per heavy atom. The molecule has 20 heavy (non-hydrogen) atoms. The number of hydrogen-bond donors (Lipinski definition) is 1. The minimum Gasteiger partial charge on any atom is -0.478 e. The Morgan fingerprint density at radius 2 is 1.80 bits per heavy atom. The summed E-state index contributed by atoms with van der Waals surface area (Å²) in [6.45, 7) is 5.97. The van der Waals surface area contributed by atoms with Crippen molar-refractivity contribution in [3.8, 4) is 0 Å². The molecule has 4 heteroatoms. The van der Waals surface area contributed by atoms with Crippen molar-refractivity contribution in [3.05, 3.63) is 28.2 Å². The number of hydrogen-bond acceptors (Lipinski definition) is 2. The quantitative estimate of drug-likeness (QED) is 0.858. The van der Waals surface area contributed by atoms with E-state index in [1.54, 1.807) is 12.1 Å². The number of rotatable bonds is 2. The summed E-state index contributed by atoms with van der Waals surface area (Å²) < 4.78 is 0.939. The van der Waals surface area contributed by atoms with Crippen LogP contribution in [0, 0.1) is 5.41 Å². The fourth-order valence-electron chi connectivity index (χ4n) is 2.85. The summed E-state index contributed by atoms with van der Waals surface area (Å²) in [4.78, 5) is 13.5. The first-order chi connectivity index (χ1) is 9.60. The van der Waals surface area contributed by atoms with Gasteiger partial charge in [0.15, 0.2) is 0 Å². The molecule has 1 N–H and O–H groups in total. The molecule has 0 bridgehead atoms. The predicted octanol–water partition coefficient (Wildman–Crippen LogP) is 4.55. The van der Waals surface area contributed by atoms with Crippen molar-refractivity contribution in [1.82, 2.24) is 0 Å². The molecule has 1 aromatic rings. The lowest BCUT2D eigenvalue weighted by molar-refractivity contribution is 0.0697. The molecule has 3 rings (SSSR count). The van der Waals surface area contributed by atoms with Gasteiger partial charge in [0.05, 0.1) is 11.3 Å². The lowest BCUT2D eigenvalue weighted by atomic mass is 9.93. The highest BCUT2D eigenvalue weighted by atomic mass is 79.9. The standard InChI is InChI=1S/C14H16BrNO2.C2H6/c15-10-1-2-11(13(17)18)12(9-10)16-7-5-14(3-4-14)6-8-16;1-2/h1-2,9H,3-8H2,(H,17,18);1-2H3. The van der Waals surface area contributed by atoms with E-state index < -0.39 is 5.97 Å². The zero-order chi connectivity index (χ0) is 14.8. The average Bonchev–Trinajstić information content (AvgIpc) is 3.21. The Bertz CT molecular complexity index is 487. The second-order valence-corrected chi connectivity index (χ2v) is 6.37. The SMILES string of the molecule is CC.O=C(O)c1ccc(Br)cc1N1CCC2(CC1)CC2. The van der Waals surface area contributed by atoms with Gasteiger partial charge in [-0.3, -0.25) is 0 Å². The van der Waals surface area contributed by atoms with Gasteiger partial charge in [0.2, 0.25) is 0 Å². The molecule has 1 heterocycles. The second-order valence-electron chi connectivity index (χ2n) is 5.45. The maximum Gasteiger partial charge on any atom is 0.337 e. The molecule has 0 atom stereocenters. The number of carboxylic acids is 1. The Hall–Kier alpha value is -1.03. The number of anilines is 1. The van der Waals surface area contributed by atoms with Crippen molar-refractivity contribution in [2.45, 2.75) is 39.5 Å². The van der Waals surface area contributed by atoms with Crippen molar-refractivity contribution in [2.75, 3.05) is 18.0 Å². The first-order valence-corrected chi connectivity index (χ1v) is 8.17. The molecular weight excluding hydrogens is 318 g/mol. The third-order valence-corrected chi connectivity index (χ3v) is 4.81. The molecule has 1 aliphatic carbocycles. The molecule has 1 saturated heterocycles. The van der Waals surface area contributed by atoms with Crippen molar-refractivity contribution in [3.63, 3.8) is 0 Å². The largest absolute Gasteiger partial charge is 0.478 e. The van der Waals surface area contributed by atoms with Crippen molar-refractivity contribution in [1.29, 1.82) is 0 Å². The van der Waals surface area contributed by atoms with Crippen LogP contribution in [0.4, 0.5) is 5.69 Å². The van der Waals surface area contributed by atoms with Crippen LogP contribution in [0.25, 0.3) is 0 Å². The topological polar surface area (TPSA) is 40.5 Å². The second kappa shape index (κ2) is 6.17. The van der Waals surface area contributed by atoms with Crippen LogP contribution in [0.1, 0.15) is 49.9 Å². The molecule has 0 radical (unpaired) electrons. The summed E-state index contributed by atoms with van der Waals surface area (Å²) in [5.41, 5.74) is 1.88. The normalized spacial score (nSPS) is 19.2. The number of carboxylic acid groups (broad SMARTS) is 1. The van der Waals surface area contributed by atoms with Gasteiger partial charge in [-0.25, -0.2) is 4.79 Å². The van der Waals surface area contributed by atoms with Gasteiger partial charge < -0.3 is 10.0 Å². The monoisotopic (exact) mass is 339 g/mol. The van der Waals surface area contributed by atoms with Gasteiger partial charge >= 0.3 is 5.97 Å². The predicted molar refractivity (Wildman–Crippen MR) is 85.6 cm³/mol. The number of nitrogens with zero attached hydrogens (tertiary/aromatic N) is 1. The van der Waals surface area contributed by atoms with E-state index in [9.17, 15) is 9.90 Å². The molecule has 2 aliphatic rings. The van der Waals surface area contributed by atoms with E-state index in [0.717, 1.165) is 23.2 Å². The first-order valence-electron chi connectivity index (χ1n) is 7.38. The lowest BCUT2D eigenvalue weighted by Crippen LogP contribution is -2.35. The van der Waals surface area contributed by atoms with Crippen LogP contribution >= 0.6 is 15.9 Å². The highest BCUT2D eigenvalue weighted by Crippen LogP contribution is 2.54. The Kier molecular flexibility index (Phi) is 4.74. The van der Waals surface area contributed by atoms with Gasteiger partial charge in [-0.05, 0) is 49.3 Å². The maximum absolute atomic E-state index is 11.3. The number of carbonyl (C=O) groups is 1. The van der Waals surface area contributed by atoms with Crippen LogP contribution in [-0.4, -0.2) is 24.2 Å². The van der Waals surface area contributed by atoms with Crippen LogP contribution in [0.3, 0.4) is 0 Å². The van der Waals surface area contributed by atoms with E-state index >= 15 is 0 Å². The van der Waals surface area contributed by atoms with Gasteiger partial charge in [-0.1, -0.05) is 29.8 Å². The summed E-state index contributed by atoms with van der Waals surface area (Å²) in [6.07, 6.45) is 5.15. The van der Waals surface area contributed by atoms with E-state index in [1.165, 1.54) is 25.7 Å². The third kappa shape index (κ3) is 3.17. The molecular formula is C16H22BrNO2. The van der Waals surface area contributed by atoms with E-state index in [2.05, 4.69) is 20.8 Å². The van der Waals surface area contributed by atoms with Gasteiger partial charge in [0, 0.05) is 17.6 Å². The highest BCUT2D eigenvalue weighted by Gasteiger charge is 2.44. The first kappa shape index (κ1) is 15.4. The Balaban J connectivity index is 0.000000704. The number of halogens is 1. The smallest absolute Gasteiger partial charge is 0.337 e. The minimum absolute atomic E-state index is 0.407. The summed E-state index contributed by atoms with van der Waals surface area (Å²) in [5.74, 6) is -0.843. The van der Waals surface area contributed by atoms with E-state index in [0.29, 0.717) is 11.0 Å². The molecule has 1 saturated carbocycles. The van der Waals surface area contributed by atoms with Crippen LogP contribution in [0.2, 0.25) is 0 Å². The number of piperidine rings is 1. The van der Waals surface area contributed by atoms with Crippen molar-refractivity contribution < 1.29 is 9.90 Å². The average molecular weight is 340 g/mol. The number of aromatic carboxylic acids is 1. The minimum atomic E-state index is -0.843. The van der Waals surface area contributed by atoms with Crippen LogP contribution < -0.4 is 4.90 Å². The zero-order valence-electron chi connectivity index (χ0n) is 12.2. The highest BCUT2D eigenvalue weighted by molar-refractivity contribution is 9.10. The zero-order valence-corrected chi connectivity index (χ0v) is 13.7.